The molecule has 90 valence electrons. The van der Waals surface area contributed by atoms with Gasteiger partial charge in [0.05, 0.1) is 0 Å². The minimum atomic E-state index is -0.250. The first-order chi connectivity index (χ1) is 6.91. The van der Waals surface area contributed by atoms with Gasteiger partial charge in [-0.1, -0.05) is 17.2 Å². The van der Waals surface area contributed by atoms with Crippen LogP contribution in [0.2, 0.25) is 5.02 Å². The van der Waals surface area contributed by atoms with E-state index in [2.05, 4.69) is 6.58 Å². The van der Waals surface area contributed by atoms with Crippen LogP contribution in [0.4, 0.5) is 0 Å². The Kier molecular flexibility index (Phi) is 5.87. The summed E-state index contributed by atoms with van der Waals surface area (Å²) in [6, 6.07) is 3.17. The minimum absolute atomic E-state index is 0. The molecule has 0 saturated carbocycles. The molecular formula is C12H17Cl2NO. The molecule has 0 heterocycles. The monoisotopic (exact) mass is 261 g/mol. The number of benzene rings is 1. The van der Waals surface area contributed by atoms with Gasteiger partial charge < -0.3 is 10.8 Å². The van der Waals surface area contributed by atoms with Crippen LogP contribution in [-0.2, 0) is 0 Å². The van der Waals surface area contributed by atoms with Gasteiger partial charge in [-0.2, -0.15) is 0 Å². The lowest BCUT2D eigenvalue weighted by Crippen LogP contribution is -2.11. The molecule has 4 heteroatoms. The maximum Gasteiger partial charge on any atom is 0.123 e. The van der Waals surface area contributed by atoms with Crippen LogP contribution in [0.15, 0.2) is 24.3 Å². The molecule has 0 bridgehead atoms. The Labute approximate surface area is 108 Å². The van der Waals surface area contributed by atoms with Crippen molar-refractivity contribution in [2.24, 2.45) is 5.73 Å². The molecule has 1 aromatic rings. The van der Waals surface area contributed by atoms with Crippen LogP contribution in [0, 0.1) is 6.92 Å². The highest BCUT2D eigenvalue weighted by Crippen LogP contribution is 2.32. The number of aromatic hydroxyl groups is 1. The Morgan fingerprint density at radius 3 is 2.62 bits per heavy atom. The molecule has 0 radical (unpaired) electrons. The highest BCUT2D eigenvalue weighted by molar-refractivity contribution is 6.30. The lowest BCUT2D eigenvalue weighted by molar-refractivity contribution is 0.457. The molecule has 0 aliphatic heterocycles. The van der Waals surface area contributed by atoms with Gasteiger partial charge >= 0.3 is 0 Å². The highest BCUT2D eigenvalue weighted by Gasteiger charge is 2.13. The number of rotatable bonds is 3. The Balaban J connectivity index is 0.00000225. The molecule has 0 spiro atoms. The van der Waals surface area contributed by atoms with Crippen LogP contribution < -0.4 is 5.73 Å². The molecule has 16 heavy (non-hydrogen) atoms. The second-order valence-corrected chi connectivity index (χ2v) is 4.36. The summed E-state index contributed by atoms with van der Waals surface area (Å²) in [5, 5.41) is 10.4. The van der Waals surface area contributed by atoms with E-state index in [1.165, 1.54) is 0 Å². The second kappa shape index (κ2) is 6.14. The van der Waals surface area contributed by atoms with E-state index < -0.39 is 0 Å². The molecule has 0 amide bonds. The van der Waals surface area contributed by atoms with Gasteiger partial charge in [0.25, 0.3) is 0 Å². The summed E-state index contributed by atoms with van der Waals surface area (Å²) >= 11 is 5.91. The third kappa shape index (κ3) is 3.71. The Morgan fingerprint density at radius 1 is 1.56 bits per heavy atom. The zero-order valence-corrected chi connectivity index (χ0v) is 11.0. The first kappa shape index (κ1) is 15.3. The van der Waals surface area contributed by atoms with Crippen molar-refractivity contribution in [3.05, 3.63) is 40.4 Å². The Bertz CT molecular complexity index is 391. The van der Waals surface area contributed by atoms with Gasteiger partial charge in [-0.15, -0.1) is 19.0 Å². The van der Waals surface area contributed by atoms with Crippen molar-refractivity contribution in [1.29, 1.82) is 0 Å². The lowest BCUT2D eigenvalue weighted by atomic mass is 9.98. The molecular weight excluding hydrogens is 245 g/mol. The van der Waals surface area contributed by atoms with Gasteiger partial charge in [0.1, 0.15) is 5.75 Å². The zero-order valence-electron chi connectivity index (χ0n) is 9.46. The molecule has 0 unspecified atom stereocenters. The Morgan fingerprint density at radius 2 is 2.12 bits per heavy atom. The molecule has 0 saturated heterocycles. The van der Waals surface area contributed by atoms with E-state index in [0.29, 0.717) is 17.0 Å². The van der Waals surface area contributed by atoms with Crippen LogP contribution in [0.25, 0.3) is 0 Å². The summed E-state index contributed by atoms with van der Waals surface area (Å²) in [4.78, 5) is 0. The molecule has 2 nitrogen and oxygen atoms in total. The standard InChI is InChI=1S/C12H16ClNO.ClH/c1-7(2)4-11(14)10-6-9(13)5-8(3)12(10)15;/h5-6,11,15H,1,4,14H2,2-3H3;1H/t11-;/m1./s1. The fourth-order valence-electron chi connectivity index (χ4n) is 1.53. The summed E-state index contributed by atoms with van der Waals surface area (Å²) in [5.41, 5.74) is 8.37. The smallest absolute Gasteiger partial charge is 0.123 e. The van der Waals surface area contributed by atoms with Gasteiger partial charge in [0.15, 0.2) is 0 Å². The first-order valence-corrected chi connectivity index (χ1v) is 5.18. The number of phenols is 1. The van der Waals surface area contributed by atoms with Crippen LogP contribution in [0.5, 0.6) is 5.75 Å². The van der Waals surface area contributed by atoms with Crippen molar-refractivity contribution < 1.29 is 5.11 Å². The molecule has 1 aromatic carbocycles. The van der Waals surface area contributed by atoms with Crippen molar-refractivity contribution in [2.75, 3.05) is 0 Å². The minimum Gasteiger partial charge on any atom is -0.507 e. The van der Waals surface area contributed by atoms with Gasteiger partial charge in [-0.3, -0.25) is 0 Å². The van der Waals surface area contributed by atoms with Crippen molar-refractivity contribution in [3.63, 3.8) is 0 Å². The number of nitrogens with two attached hydrogens (primary N) is 1. The molecule has 0 aliphatic rings. The molecule has 3 N–H and O–H groups in total. The largest absolute Gasteiger partial charge is 0.507 e. The van der Waals surface area contributed by atoms with Crippen molar-refractivity contribution in [1.82, 2.24) is 0 Å². The second-order valence-electron chi connectivity index (χ2n) is 3.93. The van der Waals surface area contributed by atoms with Crippen LogP contribution in [-0.4, -0.2) is 5.11 Å². The SMILES string of the molecule is C=C(C)C[C@@H](N)c1cc(Cl)cc(C)c1O.Cl. The molecule has 1 atom stereocenters. The van der Waals surface area contributed by atoms with E-state index in [-0.39, 0.29) is 24.2 Å². The van der Waals surface area contributed by atoms with E-state index in [1.54, 1.807) is 19.1 Å². The number of halogens is 2. The average molecular weight is 262 g/mol. The highest BCUT2D eigenvalue weighted by atomic mass is 35.5. The number of hydrogen-bond donors (Lipinski definition) is 2. The summed E-state index contributed by atoms with van der Waals surface area (Å²) in [5.74, 6) is 0.230. The van der Waals surface area contributed by atoms with Crippen molar-refractivity contribution in [3.8, 4) is 5.75 Å². The third-order valence-electron chi connectivity index (χ3n) is 2.26. The molecule has 1 rings (SSSR count). The van der Waals surface area contributed by atoms with E-state index >= 15 is 0 Å². The molecule has 0 aliphatic carbocycles. The van der Waals surface area contributed by atoms with Gasteiger partial charge in [-0.25, -0.2) is 0 Å². The van der Waals surface area contributed by atoms with E-state index in [4.69, 9.17) is 17.3 Å². The maximum absolute atomic E-state index is 9.84. The van der Waals surface area contributed by atoms with Crippen molar-refractivity contribution in [2.45, 2.75) is 26.3 Å². The predicted octanol–water partition coefficient (Wildman–Crippen LogP) is 3.74. The summed E-state index contributed by atoms with van der Waals surface area (Å²) in [7, 11) is 0. The fraction of sp³-hybridized carbons (Fsp3) is 0.333. The third-order valence-corrected chi connectivity index (χ3v) is 2.48. The summed E-state index contributed by atoms with van der Waals surface area (Å²) < 4.78 is 0. The average Bonchev–Trinajstić information content (AvgIpc) is 2.09. The molecule has 0 aromatic heterocycles. The Hall–Kier alpha value is -0.700. The van der Waals surface area contributed by atoms with Crippen LogP contribution in [0.3, 0.4) is 0 Å². The number of hydrogen-bond acceptors (Lipinski definition) is 2. The first-order valence-electron chi connectivity index (χ1n) is 4.80. The van der Waals surface area contributed by atoms with Crippen LogP contribution >= 0.6 is 24.0 Å². The normalized spacial score (nSPS) is 11.8. The summed E-state index contributed by atoms with van der Waals surface area (Å²) in [6.07, 6.45) is 0.646. The quantitative estimate of drug-likeness (QED) is 0.815. The maximum atomic E-state index is 9.84. The van der Waals surface area contributed by atoms with E-state index in [1.807, 2.05) is 6.92 Å². The fourth-order valence-corrected chi connectivity index (χ4v) is 1.81. The zero-order chi connectivity index (χ0) is 11.6. The van der Waals surface area contributed by atoms with Crippen LogP contribution in [0.1, 0.15) is 30.5 Å². The lowest BCUT2D eigenvalue weighted by Gasteiger charge is -2.15. The predicted molar refractivity (Wildman–Crippen MR) is 71.5 cm³/mol. The topological polar surface area (TPSA) is 46.2 Å². The number of aryl methyl sites for hydroxylation is 1. The van der Waals surface area contributed by atoms with Gasteiger partial charge in [0.2, 0.25) is 0 Å². The van der Waals surface area contributed by atoms with E-state index in [0.717, 1.165) is 11.1 Å². The molecule has 0 fully saturated rings. The summed E-state index contributed by atoms with van der Waals surface area (Å²) in [6.45, 7) is 7.52. The van der Waals surface area contributed by atoms with Gasteiger partial charge in [-0.05, 0) is 38.0 Å². The van der Waals surface area contributed by atoms with E-state index in [9.17, 15) is 5.11 Å². The van der Waals surface area contributed by atoms with Gasteiger partial charge in [0, 0.05) is 16.6 Å². The van der Waals surface area contributed by atoms with Crippen molar-refractivity contribution >= 4 is 24.0 Å². The number of phenolic OH excluding ortho intramolecular Hbond substituents is 1.